The summed E-state index contributed by atoms with van der Waals surface area (Å²) in [5.41, 5.74) is 8.20. The van der Waals surface area contributed by atoms with E-state index in [4.69, 9.17) is 5.73 Å². The lowest BCUT2D eigenvalue weighted by Crippen LogP contribution is -2.34. The molecular weight excluding hydrogens is 336 g/mol. The third-order valence-corrected chi connectivity index (χ3v) is 5.60. The molecule has 0 spiro atoms. The highest BCUT2D eigenvalue weighted by atomic mass is 79.9. The molecule has 1 aliphatic rings. The third-order valence-electron chi connectivity index (χ3n) is 3.77. The fraction of sp³-hybridized carbons (Fsp3) is 0.533. The molecule has 2 N–H and O–H groups in total. The first-order valence-corrected chi connectivity index (χ1v) is 8.57. The summed E-state index contributed by atoms with van der Waals surface area (Å²) in [5.74, 6) is 1.08. The molecule has 0 aromatic heterocycles. The lowest BCUT2D eigenvalue weighted by atomic mass is 10.0. The van der Waals surface area contributed by atoms with E-state index in [0.29, 0.717) is 11.3 Å². The van der Waals surface area contributed by atoms with Gasteiger partial charge < -0.3 is 10.6 Å². The van der Waals surface area contributed by atoms with Gasteiger partial charge >= 0.3 is 0 Å². The maximum Gasteiger partial charge on any atom is 0.254 e. The number of benzene rings is 1. The van der Waals surface area contributed by atoms with Crippen LogP contribution in [0.4, 0.5) is 5.69 Å². The van der Waals surface area contributed by atoms with Crippen molar-refractivity contribution in [3.05, 3.63) is 27.7 Å². The van der Waals surface area contributed by atoms with E-state index in [-0.39, 0.29) is 10.7 Å². The molecule has 0 radical (unpaired) electrons. The molecular formula is C15H21BrN2OS. The Hall–Kier alpha value is -0.680. The number of anilines is 1. The van der Waals surface area contributed by atoms with E-state index in [9.17, 15) is 4.79 Å². The minimum atomic E-state index is 0.0915. The Morgan fingerprint density at radius 3 is 2.80 bits per heavy atom. The van der Waals surface area contributed by atoms with Gasteiger partial charge in [-0.2, -0.15) is 11.8 Å². The Balaban J connectivity index is 2.23. The van der Waals surface area contributed by atoms with E-state index in [2.05, 4.69) is 29.8 Å². The van der Waals surface area contributed by atoms with Crippen molar-refractivity contribution in [1.29, 1.82) is 0 Å². The SMILES string of the molecule is Cc1c(N)cc(Br)cc1C(=O)N1CCSC(C)(C)CC1. The quantitative estimate of drug-likeness (QED) is 0.780. The van der Waals surface area contributed by atoms with Gasteiger partial charge in [0, 0.05) is 39.3 Å². The summed E-state index contributed by atoms with van der Waals surface area (Å²) in [5, 5.41) is 0. The van der Waals surface area contributed by atoms with Crippen molar-refractivity contribution in [1.82, 2.24) is 4.90 Å². The van der Waals surface area contributed by atoms with Crippen molar-refractivity contribution in [3.63, 3.8) is 0 Å². The molecule has 2 rings (SSSR count). The number of rotatable bonds is 1. The average Bonchev–Trinajstić information content (AvgIpc) is 2.54. The van der Waals surface area contributed by atoms with Crippen LogP contribution in [0.15, 0.2) is 16.6 Å². The van der Waals surface area contributed by atoms with Gasteiger partial charge in [-0.15, -0.1) is 0 Å². The standard InChI is InChI=1S/C15H21BrN2OS/c1-10-12(8-11(16)9-13(10)17)14(19)18-5-4-15(2,3)20-7-6-18/h8-9H,4-7,17H2,1-3H3. The van der Waals surface area contributed by atoms with Crippen LogP contribution in [-0.4, -0.2) is 34.4 Å². The van der Waals surface area contributed by atoms with Crippen molar-refractivity contribution in [2.75, 3.05) is 24.6 Å². The molecule has 0 atom stereocenters. The highest BCUT2D eigenvalue weighted by Gasteiger charge is 2.27. The Morgan fingerprint density at radius 1 is 1.40 bits per heavy atom. The Labute approximate surface area is 133 Å². The number of thioether (sulfide) groups is 1. The number of carbonyl (C=O) groups excluding carboxylic acids is 1. The second kappa shape index (κ2) is 5.98. The zero-order chi connectivity index (χ0) is 14.9. The van der Waals surface area contributed by atoms with Crippen LogP contribution in [0.25, 0.3) is 0 Å². The molecule has 0 unspecified atom stereocenters. The van der Waals surface area contributed by atoms with Crippen LogP contribution in [0, 0.1) is 6.92 Å². The summed E-state index contributed by atoms with van der Waals surface area (Å²) in [4.78, 5) is 14.7. The van der Waals surface area contributed by atoms with E-state index in [0.717, 1.165) is 35.3 Å². The summed E-state index contributed by atoms with van der Waals surface area (Å²) in [6, 6.07) is 3.71. The Kier molecular flexibility index (Phi) is 4.69. The maximum atomic E-state index is 12.7. The maximum absolute atomic E-state index is 12.7. The fourth-order valence-corrected chi connectivity index (χ4v) is 3.89. The van der Waals surface area contributed by atoms with Crippen molar-refractivity contribution >= 4 is 39.3 Å². The predicted molar refractivity (Wildman–Crippen MR) is 90.3 cm³/mol. The monoisotopic (exact) mass is 356 g/mol. The second-order valence-corrected chi connectivity index (χ2v) is 8.54. The van der Waals surface area contributed by atoms with Crippen molar-refractivity contribution in [3.8, 4) is 0 Å². The summed E-state index contributed by atoms with van der Waals surface area (Å²) >= 11 is 5.36. The van der Waals surface area contributed by atoms with Crippen LogP contribution >= 0.6 is 27.7 Å². The Bertz CT molecular complexity index is 531. The van der Waals surface area contributed by atoms with Gasteiger partial charge in [0.2, 0.25) is 0 Å². The van der Waals surface area contributed by atoms with Crippen LogP contribution in [0.3, 0.4) is 0 Å². The topological polar surface area (TPSA) is 46.3 Å². The summed E-state index contributed by atoms with van der Waals surface area (Å²) in [7, 11) is 0. The van der Waals surface area contributed by atoms with Gasteiger partial charge in [-0.05, 0) is 31.0 Å². The highest BCUT2D eigenvalue weighted by molar-refractivity contribution is 9.10. The van der Waals surface area contributed by atoms with Gasteiger partial charge in [0.15, 0.2) is 0 Å². The predicted octanol–water partition coefficient (Wildman–Crippen LogP) is 3.70. The average molecular weight is 357 g/mol. The highest BCUT2D eigenvalue weighted by Crippen LogP contribution is 2.32. The number of amides is 1. The van der Waals surface area contributed by atoms with Gasteiger partial charge in [0.1, 0.15) is 0 Å². The molecule has 1 aromatic carbocycles. The van der Waals surface area contributed by atoms with Crippen LogP contribution in [0.1, 0.15) is 36.2 Å². The zero-order valence-electron chi connectivity index (χ0n) is 12.2. The summed E-state index contributed by atoms with van der Waals surface area (Å²) in [6.07, 6.45) is 1.02. The number of nitrogens with zero attached hydrogens (tertiary/aromatic N) is 1. The molecule has 1 aromatic rings. The van der Waals surface area contributed by atoms with Crippen LogP contribution in [-0.2, 0) is 0 Å². The third kappa shape index (κ3) is 3.50. The van der Waals surface area contributed by atoms with Gasteiger partial charge in [-0.25, -0.2) is 0 Å². The van der Waals surface area contributed by atoms with E-state index >= 15 is 0 Å². The van der Waals surface area contributed by atoms with Crippen molar-refractivity contribution in [2.24, 2.45) is 0 Å². The minimum Gasteiger partial charge on any atom is -0.398 e. The van der Waals surface area contributed by atoms with E-state index in [1.807, 2.05) is 35.7 Å². The molecule has 0 bridgehead atoms. The van der Waals surface area contributed by atoms with Crippen molar-refractivity contribution in [2.45, 2.75) is 31.9 Å². The van der Waals surface area contributed by atoms with Gasteiger partial charge in [0.05, 0.1) is 0 Å². The number of hydrogen-bond acceptors (Lipinski definition) is 3. The molecule has 0 aliphatic carbocycles. The molecule has 1 heterocycles. The van der Waals surface area contributed by atoms with Crippen molar-refractivity contribution < 1.29 is 4.79 Å². The molecule has 20 heavy (non-hydrogen) atoms. The van der Waals surface area contributed by atoms with E-state index in [1.165, 1.54) is 0 Å². The number of carbonyl (C=O) groups is 1. The molecule has 0 saturated carbocycles. The van der Waals surface area contributed by atoms with Gasteiger partial charge in [0.25, 0.3) is 5.91 Å². The van der Waals surface area contributed by atoms with Gasteiger partial charge in [-0.1, -0.05) is 29.8 Å². The molecule has 3 nitrogen and oxygen atoms in total. The molecule has 1 amide bonds. The first-order chi connectivity index (χ1) is 9.30. The first-order valence-electron chi connectivity index (χ1n) is 6.79. The van der Waals surface area contributed by atoms with Crippen LogP contribution in [0.5, 0.6) is 0 Å². The molecule has 5 heteroatoms. The number of nitrogens with two attached hydrogens (primary N) is 1. The second-order valence-electron chi connectivity index (χ2n) is 5.82. The van der Waals surface area contributed by atoms with E-state index in [1.54, 1.807) is 0 Å². The van der Waals surface area contributed by atoms with Gasteiger partial charge in [-0.3, -0.25) is 4.79 Å². The normalized spacial score (nSPS) is 18.7. The smallest absolute Gasteiger partial charge is 0.254 e. The number of nitrogen functional groups attached to an aromatic ring is 1. The van der Waals surface area contributed by atoms with Crippen LogP contribution < -0.4 is 5.73 Å². The Morgan fingerprint density at radius 2 is 2.10 bits per heavy atom. The molecule has 1 saturated heterocycles. The number of halogens is 1. The van der Waals surface area contributed by atoms with Crippen LogP contribution in [0.2, 0.25) is 0 Å². The summed E-state index contributed by atoms with van der Waals surface area (Å²) in [6.45, 7) is 8.01. The lowest BCUT2D eigenvalue weighted by Gasteiger charge is -2.23. The fourth-order valence-electron chi connectivity index (χ4n) is 2.32. The molecule has 110 valence electrons. The first kappa shape index (κ1) is 15.7. The molecule has 1 aliphatic heterocycles. The number of hydrogen-bond donors (Lipinski definition) is 1. The lowest BCUT2D eigenvalue weighted by molar-refractivity contribution is 0.0764. The van der Waals surface area contributed by atoms with E-state index < -0.39 is 0 Å². The largest absolute Gasteiger partial charge is 0.398 e. The summed E-state index contributed by atoms with van der Waals surface area (Å²) < 4.78 is 1.11. The zero-order valence-corrected chi connectivity index (χ0v) is 14.6. The molecule has 1 fully saturated rings. The minimum absolute atomic E-state index is 0.0915.